The predicted octanol–water partition coefficient (Wildman–Crippen LogP) is 19.7. The van der Waals surface area contributed by atoms with Gasteiger partial charge in [0.2, 0.25) is 0 Å². The van der Waals surface area contributed by atoms with Gasteiger partial charge in [0, 0.05) is 51.4 Å². The van der Waals surface area contributed by atoms with Gasteiger partial charge in [-0.25, -0.2) is 0 Å². The van der Waals surface area contributed by atoms with E-state index in [0.29, 0.717) is 0 Å². The molecule has 0 fully saturated rings. The summed E-state index contributed by atoms with van der Waals surface area (Å²) >= 11 is 7.70. The summed E-state index contributed by atoms with van der Waals surface area (Å²) in [5.74, 6) is 0.200. The number of nitrogens with zero attached hydrogens (tertiary/aromatic N) is 1. The minimum atomic E-state index is 0.200. The standard InChI is InChI=1S/C54H81NOS4/c1-8-12-16-18-20-22-24-26-28-30-32-43-38-48(57-41(43)6)46-36-37-47(59-46)49-39-44(33-31-29-27-25-23-21-19-17-13-9-2)52(60-49)53-51-50(42(7)58-53)40(5)55(54(51)56)45(34-14-10-3)35-15-11-4/h36-39,45H,5,8-35H2,1-4,6-7H3. The Morgan fingerprint density at radius 1 is 0.483 bits per heavy atom. The third kappa shape index (κ3) is 13.8. The van der Waals surface area contributed by atoms with Crippen molar-refractivity contribution >= 4 is 57.0 Å². The highest BCUT2D eigenvalue weighted by atomic mass is 32.1. The second kappa shape index (κ2) is 26.6. The van der Waals surface area contributed by atoms with Crippen LogP contribution in [-0.2, 0) is 12.8 Å². The molecule has 0 atom stereocenters. The Labute approximate surface area is 383 Å². The highest BCUT2D eigenvalue weighted by Gasteiger charge is 2.41. The molecule has 0 radical (unpaired) electrons. The summed E-state index contributed by atoms with van der Waals surface area (Å²) in [5, 5.41) is 0. The molecule has 0 unspecified atom stereocenters. The van der Waals surface area contributed by atoms with E-state index >= 15 is 0 Å². The van der Waals surface area contributed by atoms with Gasteiger partial charge in [-0.1, -0.05) is 176 Å². The summed E-state index contributed by atoms with van der Waals surface area (Å²) in [6.07, 6.45) is 36.3. The SMILES string of the molecule is C=C1c2c(C)sc(-c3sc(-c4ccc(-c5cc(CCCCCCCCCCCC)c(C)s5)s4)cc3CCCCCCCCCCCC)c2C(=O)N1C(CCCC)CCCC. The van der Waals surface area contributed by atoms with Crippen LogP contribution >= 0.6 is 45.3 Å². The van der Waals surface area contributed by atoms with E-state index in [0.717, 1.165) is 61.8 Å². The summed E-state index contributed by atoms with van der Waals surface area (Å²) in [4.78, 5) is 27.5. The van der Waals surface area contributed by atoms with Gasteiger partial charge >= 0.3 is 0 Å². The lowest BCUT2D eigenvalue weighted by Crippen LogP contribution is -2.35. The molecule has 6 heteroatoms. The van der Waals surface area contributed by atoms with E-state index in [2.05, 4.69) is 77.3 Å². The molecule has 1 aliphatic rings. The predicted molar refractivity (Wildman–Crippen MR) is 273 cm³/mol. The van der Waals surface area contributed by atoms with Gasteiger partial charge in [-0.05, 0) is 87.8 Å². The fourth-order valence-electron chi connectivity index (χ4n) is 9.31. The molecule has 0 spiro atoms. The molecule has 0 N–H and O–H groups in total. The molecule has 332 valence electrons. The number of carbonyl (C=O) groups excluding carboxylic acids is 1. The maximum absolute atomic E-state index is 14.6. The van der Waals surface area contributed by atoms with Crippen LogP contribution in [-0.4, -0.2) is 16.8 Å². The number of aryl methyl sites for hydroxylation is 4. The van der Waals surface area contributed by atoms with E-state index in [-0.39, 0.29) is 11.9 Å². The van der Waals surface area contributed by atoms with Gasteiger partial charge < -0.3 is 4.90 Å². The van der Waals surface area contributed by atoms with Crippen molar-refractivity contribution in [1.82, 2.24) is 4.90 Å². The first kappa shape index (κ1) is 49.0. The summed E-state index contributed by atoms with van der Waals surface area (Å²) in [6, 6.07) is 9.96. The fraction of sp³-hybridized carbons (Fsp3) is 0.648. The molecule has 1 amide bonds. The Kier molecular flexibility index (Phi) is 21.7. The topological polar surface area (TPSA) is 20.3 Å². The molecule has 60 heavy (non-hydrogen) atoms. The van der Waals surface area contributed by atoms with Gasteiger partial charge in [0.15, 0.2) is 0 Å². The van der Waals surface area contributed by atoms with Crippen LogP contribution in [0.1, 0.15) is 231 Å². The van der Waals surface area contributed by atoms with Crippen LogP contribution in [0.2, 0.25) is 0 Å². The van der Waals surface area contributed by atoms with Gasteiger partial charge in [0.05, 0.1) is 10.4 Å². The molecular weight excluding hydrogens is 807 g/mol. The van der Waals surface area contributed by atoms with Crippen molar-refractivity contribution in [2.45, 2.75) is 227 Å². The number of carbonyl (C=O) groups is 1. The molecule has 0 aliphatic carbocycles. The normalized spacial score (nSPS) is 12.9. The summed E-state index contributed by atoms with van der Waals surface area (Å²) < 4.78 is 0. The molecule has 5 heterocycles. The lowest BCUT2D eigenvalue weighted by atomic mass is 10.0. The number of fused-ring (bicyclic) bond motifs is 1. The number of unbranched alkanes of at least 4 members (excludes halogenated alkanes) is 20. The molecule has 1 aliphatic heterocycles. The zero-order chi connectivity index (χ0) is 42.7. The van der Waals surface area contributed by atoms with Crippen molar-refractivity contribution in [2.24, 2.45) is 0 Å². The third-order valence-corrected chi connectivity index (χ3v) is 18.0. The molecule has 2 nitrogen and oxygen atoms in total. The van der Waals surface area contributed by atoms with Crippen molar-refractivity contribution in [3.05, 3.63) is 62.9 Å². The second-order valence-corrected chi connectivity index (χ2v) is 22.6. The second-order valence-electron chi connectivity index (χ2n) is 18.0. The van der Waals surface area contributed by atoms with Gasteiger partial charge in [-0.3, -0.25) is 4.79 Å². The Morgan fingerprint density at radius 2 is 0.933 bits per heavy atom. The van der Waals surface area contributed by atoms with Gasteiger partial charge in [0.1, 0.15) is 0 Å². The van der Waals surface area contributed by atoms with Crippen LogP contribution < -0.4 is 0 Å². The van der Waals surface area contributed by atoms with Gasteiger partial charge in [0.25, 0.3) is 5.91 Å². The van der Waals surface area contributed by atoms with Crippen molar-refractivity contribution in [3.8, 4) is 29.3 Å². The van der Waals surface area contributed by atoms with Crippen LogP contribution in [0.4, 0.5) is 0 Å². The summed E-state index contributed by atoms with van der Waals surface area (Å²) in [7, 11) is 0. The summed E-state index contributed by atoms with van der Waals surface area (Å²) in [6.45, 7) is 18.3. The van der Waals surface area contributed by atoms with Crippen LogP contribution in [0.5, 0.6) is 0 Å². The number of hydrogen-bond donors (Lipinski definition) is 0. The van der Waals surface area contributed by atoms with E-state index in [1.165, 1.54) is 179 Å². The molecule has 0 bridgehead atoms. The van der Waals surface area contributed by atoms with Gasteiger partial charge in [-0.15, -0.1) is 45.3 Å². The Morgan fingerprint density at radius 3 is 1.45 bits per heavy atom. The molecule has 0 saturated heterocycles. The van der Waals surface area contributed by atoms with E-state index < -0.39 is 0 Å². The zero-order valence-electron chi connectivity index (χ0n) is 38.9. The number of rotatable bonds is 32. The van der Waals surface area contributed by atoms with Crippen LogP contribution in [0, 0.1) is 13.8 Å². The lowest BCUT2D eigenvalue weighted by molar-refractivity contribution is 0.0790. The third-order valence-electron chi connectivity index (χ3n) is 13.0. The van der Waals surface area contributed by atoms with Crippen molar-refractivity contribution < 1.29 is 4.79 Å². The van der Waals surface area contributed by atoms with Crippen molar-refractivity contribution in [3.63, 3.8) is 0 Å². The first-order chi connectivity index (χ1) is 29.3. The number of hydrogen-bond acceptors (Lipinski definition) is 5. The molecular formula is C54H81NOS4. The Bertz CT molecular complexity index is 1860. The van der Waals surface area contributed by atoms with E-state index in [1.807, 2.05) is 45.3 Å². The van der Waals surface area contributed by atoms with E-state index in [9.17, 15) is 4.79 Å². The smallest absolute Gasteiger partial charge is 0.260 e. The highest BCUT2D eigenvalue weighted by Crippen LogP contribution is 2.52. The lowest BCUT2D eigenvalue weighted by Gasteiger charge is -2.29. The van der Waals surface area contributed by atoms with Crippen LogP contribution in [0.25, 0.3) is 35.0 Å². The molecule has 4 aromatic heterocycles. The first-order valence-electron chi connectivity index (χ1n) is 24.8. The zero-order valence-corrected chi connectivity index (χ0v) is 42.1. The average Bonchev–Trinajstić information content (AvgIpc) is 4.08. The largest absolute Gasteiger partial charge is 0.305 e. The highest BCUT2D eigenvalue weighted by molar-refractivity contribution is 7.28. The van der Waals surface area contributed by atoms with Crippen molar-refractivity contribution in [1.29, 1.82) is 0 Å². The number of amides is 1. The Balaban J connectivity index is 1.31. The number of thiophene rings is 4. The molecule has 5 rings (SSSR count). The maximum atomic E-state index is 14.6. The Hall–Kier alpha value is -1.99. The van der Waals surface area contributed by atoms with Crippen molar-refractivity contribution in [2.75, 3.05) is 0 Å². The molecule has 4 aromatic rings. The average molecular weight is 889 g/mol. The molecule has 0 saturated carbocycles. The molecule has 0 aromatic carbocycles. The first-order valence-corrected chi connectivity index (χ1v) is 28.1. The quantitative estimate of drug-likeness (QED) is 0.0448. The van der Waals surface area contributed by atoms with Gasteiger partial charge in [-0.2, -0.15) is 0 Å². The summed E-state index contributed by atoms with van der Waals surface area (Å²) in [5.41, 5.74) is 5.99. The maximum Gasteiger partial charge on any atom is 0.260 e. The van der Waals surface area contributed by atoms with Crippen LogP contribution in [0.3, 0.4) is 0 Å². The van der Waals surface area contributed by atoms with E-state index in [4.69, 9.17) is 0 Å². The van der Waals surface area contributed by atoms with Crippen LogP contribution in [0.15, 0.2) is 30.8 Å². The monoisotopic (exact) mass is 888 g/mol. The minimum absolute atomic E-state index is 0.200. The fourth-order valence-corrected chi connectivity index (χ4v) is 14.1. The minimum Gasteiger partial charge on any atom is -0.305 e. The van der Waals surface area contributed by atoms with E-state index in [1.54, 1.807) is 5.56 Å².